The zero-order chi connectivity index (χ0) is 13.5. The zero-order valence-electron chi connectivity index (χ0n) is 12.0. The molecule has 19 heavy (non-hydrogen) atoms. The van der Waals surface area contributed by atoms with E-state index in [0.29, 0.717) is 12.5 Å². The van der Waals surface area contributed by atoms with Crippen LogP contribution in [0.4, 0.5) is 0 Å². The second kappa shape index (κ2) is 4.60. The molecule has 0 unspecified atom stereocenters. The summed E-state index contributed by atoms with van der Waals surface area (Å²) in [6.45, 7) is 6.35. The van der Waals surface area contributed by atoms with Gasteiger partial charge >= 0.3 is 0 Å². The number of rotatable bonds is 5. The first kappa shape index (κ1) is 13.1. The van der Waals surface area contributed by atoms with E-state index in [1.54, 1.807) is 0 Å². The van der Waals surface area contributed by atoms with Crippen molar-refractivity contribution in [2.24, 2.45) is 11.3 Å². The lowest BCUT2D eigenvalue weighted by atomic mass is 9.66. The molecule has 1 saturated heterocycles. The van der Waals surface area contributed by atoms with Gasteiger partial charge in [-0.3, -0.25) is 0 Å². The molecule has 2 nitrogen and oxygen atoms in total. The molecule has 2 fully saturated rings. The van der Waals surface area contributed by atoms with Crippen LogP contribution in [0, 0.1) is 11.3 Å². The number of hydrogen-bond donors (Lipinski definition) is 1. The first-order valence-electron chi connectivity index (χ1n) is 7.40. The fourth-order valence-corrected chi connectivity index (χ4v) is 3.46. The summed E-state index contributed by atoms with van der Waals surface area (Å²) in [5.41, 5.74) is 2.95. The van der Waals surface area contributed by atoms with E-state index in [0.717, 1.165) is 32.5 Å². The van der Waals surface area contributed by atoms with Crippen LogP contribution in [0.2, 0.25) is 0 Å². The lowest BCUT2D eigenvalue weighted by Gasteiger charge is -2.48. The monoisotopic (exact) mass is 260 g/mol. The van der Waals surface area contributed by atoms with Crippen LogP contribution in [-0.4, -0.2) is 24.9 Å². The quantitative estimate of drug-likeness (QED) is 0.882. The van der Waals surface area contributed by atoms with E-state index < -0.39 is 0 Å². The summed E-state index contributed by atoms with van der Waals surface area (Å²) in [7, 11) is 0. The third kappa shape index (κ3) is 2.02. The fourth-order valence-electron chi connectivity index (χ4n) is 3.46. The van der Waals surface area contributed by atoms with Crippen molar-refractivity contribution in [1.29, 1.82) is 0 Å². The van der Waals surface area contributed by atoms with Gasteiger partial charge in [-0.05, 0) is 36.3 Å². The number of aliphatic hydroxyl groups is 1. The highest BCUT2D eigenvalue weighted by atomic mass is 16.5. The Hall–Kier alpha value is -0.860. The summed E-state index contributed by atoms with van der Waals surface area (Å²) in [6, 6.07) is 9.03. The fraction of sp³-hybridized carbons (Fsp3) is 0.647. The van der Waals surface area contributed by atoms with Gasteiger partial charge in [-0.15, -0.1) is 0 Å². The summed E-state index contributed by atoms with van der Waals surface area (Å²) >= 11 is 0. The minimum atomic E-state index is 0.0815. The molecule has 1 aliphatic carbocycles. The molecule has 0 spiro atoms. The molecule has 0 radical (unpaired) electrons. The molecule has 1 aliphatic heterocycles. The lowest BCUT2D eigenvalue weighted by molar-refractivity contribution is -0.110. The molecule has 1 saturated carbocycles. The molecule has 104 valence electrons. The highest BCUT2D eigenvalue weighted by Gasteiger charge is 2.63. The third-order valence-electron chi connectivity index (χ3n) is 5.02. The van der Waals surface area contributed by atoms with Crippen molar-refractivity contribution < 1.29 is 9.84 Å². The summed E-state index contributed by atoms with van der Waals surface area (Å²) in [5, 5.41) is 9.74. The average molecular weight is 260 g/mol. The van der Waals surface area contributed by atoms with Crippen molar-refractivity contribution in [1.82, 2.24) is 0 Å². The molecule has 2 heteroatoms. The van der Waals surface area contributed by atoms with Crippen LogP contribution in [0.15, 0.2) is 24.3 Å². The summed E-state index contributed by atoms with van der Waals surface area (Å²) in [5.74, 6) is 0.694. The smallest absolute Gasteiger partial charge is 0.0591 e. The van der Waals surface area contributed by atoms with E-state index in [4.69, 9.17) is 4.74 Å². The molecule has 2 aliphatic rings. The molecular weight excluding hydrogens is 236 g/mol. The van der Waals surface area contributed by atoms with Crippen LogP contribution < -0.4 is 0 Å². The second-order valence-electron chi connectivity index (χ2n) is 6.81. The van der Waals surface area contributed by atoms with Gasteiger partial charge in [-0.1, -0.05) is 38.1 Å². The highest BCUT2D eigenvalue weighted by molar-refractivity contribution is 5.36. The predicted octanol–water partition coefficient (Wildman–Crippen LogP) is 2.93. The molecule has 0 amide bonds. The Labute approximate surface area is 115 Å². The first-order chi connectivity index (χ1) is 9.12. The average Bonchev–Trinajstić information content (AvgIpc) is 3.10. The van der Waals surface area contributed by atoms with E-state index in [2.05, 4.69) is 38.1 Å². The van der Waals surface area contributed by atoms with Crippen molar-refractivity contribution in [3.8, 4) is 0 Å². The van der Waals surface area contributed by atoms with Crippen molar-refractivity contribution in [3.63, 3.8) is 0 Å². The van der Waals surface area contributed by atoms with Crippen molar-refractivity contribution in [2.45, 2.75) is 38.5 Å². The zero-order valence-corrected chi connectivity index (χ0v) is 12.0. The van der Waals surface area contributed by atoms with Crippen LogP contribution in [0.5, 0.6) is 0 Å². The van der Waals surface area contributed by atoms with Gasteiger partial charge in [-0.25, -0.2) is 0 Å². The Balaban J connectivity index is 1.85. The third-order valence-corrected chi connectivity index (χ3v) is 5.02. The van der Waals surface area contributed by atoms with Crippen molar-refractivity contribution >= 4 is 0 Å². The van der Waals surface area contributed by atoms with Gasteiger partial charge in [-0.2, -0.15) is 0 Å². The molecule has 0 atom stereocenters. The number of aliphatic hydroxyl groups excluding tert-OH is 1. The normalized spacial score (nSPS) is 23.2. The van der Waals surface area contributed by atoms with E-state index in [9.17, 15) is 5.11 Å². The summed E-state index contributed by atoms with van der Waals surface area (Å²) < 4.78 is 5.50. The van der Waals surface area contributed by atoms with Gasteiger partial charge in [0, 0.05) is 17.4 Å². The van der Waals surface area contributed by atoms with Crippen molar-refractivity contribution in [2.75, 3.05) is 19.8 Å². The maximum absolute atomic E-state index is 9.74. The molecule has 1 aromatic carbocycles. The van der Waals surface area contributed by atoms with E-state index in [1.165, 1.54) is 11.1 Å². The standard InChI is InChI=1S/C17H24O2/c1-13(2)9-14-3-5-15(6-4-14)17(11-19-12-17)16(10-18)7-8-16/h3-6,13,18H,7-12H2,1-2H3. The van der Waals surface area contributed by atoms with Gasteiger partial charge < -0.3 is 9.84 Å². The Morgan fingerprint density at radius 3 is 2.16 bits per heavy atom. The van der Waals surface area contributed by atoms with E-state index in [-0.39, 0.29) is 10.8 Å². The van der Waals surface area contributed by atoms with Crippen LogP contribution in [0.1, 0.15) is 37.8 Å². The minimum Gasteiger partial charge on any atom is -0.396 e. The molecule has 1 aromatic rings. The van der Waals surface area contributed by atoms with Crippen LogP contribution >= 0.6 is 0 Å². The van der Waals surface area contributed by atoms with Gasteiger partial charge in [0.2, 0.25) is 0 Å². The lowest BCUT2D eigenvalue weighted by Crippen LogP contribution is -2.54. The van der Waals surface area contributed by atoms with Gasteiger partial charge in [0.25, 0.3) is 0 Å². The molecular formula is C17H24O2. The molecule has 1 N–H and O–H groups in total. The Bertz CT molecular complexity index is 439. The molecule has 1 heterocycles. The van der Waals surface area contributed by atoms with Gasteiger partial charge in [0.1, 0.15) is 0 Å². The minimum absolute atomic E-state index is 0.0815. The Kier molecular flexibility index (Phi) is 3.18. The van der Waals surface area contributed by atoms with Crippen LogP contribution in [0.3, 0.4) is 0 Å². The van der Waals surface area contributed by atoms with Gasteiger partial charge in [0.05, 0.1) is 13.2 Å². The molecule has 3 rings (SSSR count). The van der Waals surface area contributed by atoms with E-state index >= 15 is 0 Å². The topological polar surface area (TPSA) is 29.5 Å². The van der Waals surface area contributed by atoms with Crippen LogP contribution in [-0.2, 0) is 16.6 Å². The first-order valence-corrected chi connectivity index (χ1v) is 7.40. The maximum Gasteiger partial charge on any atom is 0.0591 e. The van der Waals surface area contributed by atoms with E-state index in [1.807, 2.05) is 0 Å². The Morgan fingerprint density at radius 1 is 1.16 bits per heavy atom. The number of benzene rings is 1. The Morgan fingerprint density at radius 2 is 1.79 bits per heavy atom. The van der Waals surface area contributed by atoms with Gasteiger partial charge in [0.15, 0.2) is 0 Å². The van der Waals surface area contributed by atoms with Crippen molar-refractivity contribution in [3.05, 3.63) is 35.4 Å². The van der Waals surface area contributed by atoms with Crippen LogP contribution in [0.25, 0.3) is 0 Å². The highest BCUT2D eigenvalue weighted by Crippen LogP contribution is 2.62. The predicted molar refractivity (Wildman–Crippen MR) is 76.2 cm³/mol. The second-order valence-corrected chi connectivity index (χ2v) is 6.81. The number of ether oxygens (including phenoxy) is 1. The molecule has 0 bridgehead atoms. The largest absolute Gasteiger partial charge is 0.396 e. The SMILES string of the molecule is CC(C)Cc1ccc(C2(C3(CO)CC3)COC2)cc1. The maximum atomic E-state index is 9.74. The number of hydrogen-bond acceptors (Lipinski definition) is 2. The molecule has 0 aromatic heterocycles. The summed E-state index contributed by atoms with van der Waals surface area (Å²) in [4.78, 5) is 0. The summed E-state index contributed by atoms with van der Waals surface area (Å²) in [6.07, 6.45) is 3.41.